The number of aromatic nitrogens is 1. The fourth-order valence-corrected chi connectivity index (χ4v) is 2.85. The van der Waals surface area contributed by atoms with Crippen LogP contribution in [0.5, 0.6) is 5.88 Å². The van der Waals surface area contributed by atoms with Crippen molar-refractivity contribution >= 4 is 6.03 Å². The number of carbonyl (C=O) groups is 1. The van der Waals surface area contributed by atoms with Crippen molar-refractivity contribution in [1.29, 1.82) is 0 Å². The molecular formula is C15H23N3O2. The first-order valence-electron chi connectivity index (χ1n) is 7.10. The normalized spacial score (nSPS) is 22.4. The lowest BCUT2D eigenvalue weighted by Crippen LogP contribution is -2.47. The highest BCUT2D eigenvalue weighted by Gasteiger charge is 2.25. The SMILES string of the molecule is COc1ncccc1CNC(=O)N1CC(C)CC(C)C1. The number of hydrogen-bond donors (Lipinski definition) is 1. The van der Waals surface area contributed by atoms with Crippen LogP contribution in [-0.4, -0.2) is 36.1 Å². The van der Waals surface area contributed by atoms with Crippen LogP contribution in [0.15, 0.2) is 18.3 Å². The average Bonchev–Trinajstić information content (AvgIpc) is 2.44. The topological polar surface area (TPSA) is 54.5 Å². The summed E-state index contributed by atoms with van der Waals surface area (Å²) in [7, 11) is 1.58. The van der Waals surface area contributed by atoms with Crippen LogP contribution in [0, 0.1) is 11.8 Å². The van der Waals surface area contributed by atoms with E-state index >= 15 is 0 Å². The molecule has 2 heterocycles. The van der Waals surface area contributed by atoms with E-state index < -0.39 is 0 Å². The fraction of sp³-hybridized carbons (Fsp3) is 0.600. The molecule has 0 saturated carbocycles. The molecule has 0 spiro atoms. The second-order valence-corrected chi connectivity index (χ2v) is 5.68. The number of ether oxygens (including phenoxy) is 1. The molecule has 110 valence electrons. The van der Waals surface area contributed by atoms with Crippen molar-refractivity contribution in [1.82, 2.24) is 15.2 Å². The van der Waals surface area contributed by atoms with Crippen LogP contribution in [0.3, 0.4) is 0 Å². The van der Waals surface area contributed by atoms with E-state index in [0.717, 1.165) is 18.7 Å². The van der Waals surface area contributed by atoms with E-state index in [2.05, 4.69) is 24.1 Å². The highest BCUT2D eigenvalue weighted by molar-refractivity contribution is 5.74. The Bertz CT molecular complexity index is 454. The van der Waals surface area contributed by atoms with Gasteiger partial charge in [0.1, 0.15) is 0 Å². The van der Waals surface area contributed by atoms with Gasteiger partial charge in [-0.15, -0.1) is 0 Å². The molecule has 2 rings (SSSR count). The molecule has 2 atom stereocenters. The summed E-state index contributed by atoms with van der Waals surface area (Å²) in [5.74, 6) is 1.70. The monoisotopic (exact) mass is 277 g/mol. The van der Waals surface area contributed by atoms with Crippen molar-refractivity contribution < 1.29 is 9.53 Å². The number of urea groups is 1. The Labute approximate surface area is 120 Å². The number of hydrogen-bond acceptors (Lipinski definition) is 3. The van der Waals surface area contributed by atoms with Crippen molar-refractivity contribution in [3.05, 3.63) is 23.9 Å². The van der Waals surface area contributed by atoms with Crippen LogP contribution in [0.2, 0.25) is 0 Å². The molecule has 20 heavy (non-hydrogen) atoms. The van der Waals surface area contributed by atoms with Gasteiger partial charge in [-0.25, -0.2) is 9.78 Å². The molecule has 1 aliphatic rings. The third-order valence-electron chi connectivity index (χ3n) is 3.63. The molecule has 2 amide bonds. The Morgan fingerprint density at radius 2 is 2.15 bits per heavy atom. The summed E-state index contributed by atoms with van der Waals surface area (Å²) in [5, 5.41) is 2.95. The van der Waals surface area contributed by atoms with Gasteiger partial charge in [0.15, 0.2) is 0 Å². The summed E-state index contributed by atoms with van der Waals surface area (Å²) in [6.07, 6.45) is 2.87. The number of methoxy groups -OCH3 is 1. The second kappa shape index (κ2) is 6.59. The summed E-state index contributed by atoms with van der Waals surface area (Å²) >= 11 is 0. The maximum atomic E-state index is 12.2. The molecule has 0 aromatic carbocycles. The van der Waals surface area contributed by atoms with Crippen molar-refractivity contribution in [2.24, 2.45) is 11.8 Å². The molecule has 0 aliphatic carbocycles. The molecule has 1 saturated heterocycles. The number of likely N-dealkylation sites (tertiary alicyclic amines) is 1. The first kappa shape index (κ1) is 14.6. The number of rotatable bonds is 3. The second-order valence-electron chi connectivity index (χ2n) is 5.68. The predicted octanol–water partition coefficient (Wildman–Crippen LogP) is 2.28. The maximum Gasteiger partial charge on any atom is 0.317 e. The van der Waals surface area contributed by atoms with E-state index in [0.29, 0.717) is 24.3 Å². The lowest BCUT2D eigenvalue weighted by Gasteiger charge is -2.34. The summed E-state index contributed by atoms with van der Waals surface area (Å²) < 4.78 is 5.18. The van der Waals surface area contributed by atoms with Crippen molar-refractivity contribution in [2.45, 2.75) is 26.8 Å². The largest absolute Gasteiger partial charge is 0.481 e. The van der Waals surface area contributed by atoms with Crippen LogP contribution in [0.4, 0.5) is 4.79 Å². The van der Waals surface area contributed by atoms with Crippen LogP contribution in [-0.2, 0) is 6.54 Å². The minimum absolute atomic E-state index is 0.00527. The minimum Gasteiger partial charge on any atom is -0.481 e. The average molecular weight is 277 g/mol. The number of carbonyl (C=O) groups excluding carboxylic acids is 1. The zero-order valence-electron chi connectivity index (χ0n) is 12.4. The summed E-state index contributed by atoms with van der Waals surface area (Å²) in [6, 6.07) is 3.75. The van der Waals surface area contributed by atoms with Crippen molar-refractivity contribution in [3.8, 4) is 5.88 Å². The maximum absolute atomic E-state index is 12.2. The van der Waals surface area contributed by atoms with E-state index in [9.17, 15) is 4.79 Å². The van der Waals surface area contributed by atoms with Gasteiger partial charge in [0, 0.05) is 31.4 Å². The van der Waals surface area contributed by atoms with Crippen molar-refractivity contribution in [2.75, 3.05) is 20.2 Å². The first-order valence-corrected chi connectivity index (χ1v) is 7.10. The van der Waals surface area contributed by atoms with E-state index in [1.807, 2.05) is 17.0 Å². The molecule has 0 bridgehead atoms. The number of amides is 2. The van der Waals surface area contributed by atoms with Gasteiger partial charge in [-0.3, -0.25) is 0 Å². The molecule has 1 aromatic rings. The number of nitrogens with zero attached hydrogens (tertiary/aromatic N) is 2. The Morgan fingerprint density at radius 1 is 1.45 bits per heavy atom. The van der Waals surface area contributed by atoms with E-state index in [4.69, 9.17) is 4.74 Å². The molecule has 1 aliphatic heterocycles. The molecule has 0 radical (unpaired) electrons. The Morgan fingerprint density at radius 3 is 2.80 bits per heavy atom. The van der Waals surface area contributed by atoms with Gasteiger partial charge in [-0.2, -0.15) is 0 Å². The fourth-order valence-electron chi connectivity index (χ4n) is 2.85. The molecule has 5 nitrogen and oxygen atoms in total. The lowest BCUT2D eigenvalue weighted by atomic mass is 9.92. The summed E-state index contributed by atoms with van der Waals surface area (Å²) in [6.45, 7) is 6.50. The predicted molar refractivity (Wildman–Crippen MR) is 77.5 cm³/mol. The zero-order chi connectivity index (χ0) is 14.5. The highest BCUT2D eigenvalue weighted by atomic mass is 16.5. The summed E-state index contributed by atoms with van der Waals surface area (Å²) in [5.41, 5.74) is 0.890. The van der Waals surface area contributed by atoms with Crippen LogP contribution in [0.25, 0.3) is 0 Å². The molecule has 1 fully saturated rings. The van der Waals surface area contributed by atoms with E-state index in [-0.39, 0.29) is 6.03 Å². The third-order valence-corrected chi connectivity index (χ3v) is 3.63. The van der Waals surface area contributed by atoms with Crippen molar-refractivity contribution in [3.63, 3.8) is 0 Å². The molecule has 1 aromatic heterocycles. The van der Waals surface area contributed by atoms with Crippen LogP contribution in [0.1, 0.15) is 25.8 Å². The number of piperidine rings is 1. The number of nitrogens with one attached hydrogen (secondary N) is 1. The van der Waals surface area contributed by atoms with E-state index in [1.165, 1.54) is 6.42 Å². The smallest absolute Gasteiger partial charge is 0.317 e. The summed E-state index contributed by atoms with van der Waals surface area (Å²) in [4.78, 5) is 18.2. The van der Waals surface area contributed by atoms with Gasteiger partial charge in [-0.1, -0.05) is 19.9 Å². The molecule has 2 unspecified atom stereocenters. The minimum atomic E-state index is -0.00527. The number of pyridine rings is 1. The Balaban J connectivity index is 1.91. The van der Waals surface area contributed by atoms with Gasteiger partial charge < -0.3 is 15.0 Å². The zero-order valence-corrected chi connectivity index (χ0v) is 12.4. The Hall–Kier alpha value is -1.78. The molecule has 5 heteroatoms. The highest BCUT2D eigenvalue weighted by Crippen LogP contribution is 2.21. The van der Waals surface area contributed by atoms with Crippen LogP contribution >= 0.6 is 0 Å². The first-order chi connectivity index (χ1) is 9.60. The van der Waals surface area contributed by atoms with Gasteiger partial charge in [-0.05, 0) is 24.3 Å². The Kier molecular flexibility index (Phi) is 4.82. The molecule has 1 N–H and O–H groups in total. The standard InChI is InChI=1S/C15H23N3O2/c1-11-7-12(2)10-18(9-11)15(19)17-8-13-5-4-6-16-14(13)20-3/h4-6,11-12H,7-10H2,1-3H3,(H,17,19). The third kappa shape index (κ3) is 3.62. The van der Waals surface area contributed by atoms with Gasteiger partial charge in [0.25, 0.3) is 0 Å². The van der Waals surface area contributed by atoms with Crippen LogP contribution < -0.4 is 10.1 Å². The quantitative estimate of drug-likeness (QED) is 0.922. The van der Waals surface area contributed by atoms with Gasteiger partial charge in [0.05, 0.1) is 7.11 Å². The van der Waals surface area contributed by atoms with E-state index in [1.54, 1.807) is 13.3 Å². The van der Waals surface area contributed by atoms with Gasteiger partial charge >= 0.3 is 6.03 Å². The van der Waals surface area contributed by atoms with Gasteiger partial charge in [0.2, 0.25) is 5.88 Å². The lowest BCUT2D eigenvalue weighted by molar-refractivity contribution is 0.146. The molecular weight excluding hydrogens is 254 g/mol.